The van der Waals surface area contributed by atoms with Gasteiger partial charge in [0.25, 0.3) is 0 Å². The molecule has 1 N–H and O–H groups in total. The van der Waals surface area contributed by atoms with E-state index in [1.54, 1.807) is 18.3 Å². The van der Waals surface area contributed by atoms with Crippen molar-refractivity contribution in [2.75, 3.05) is 19.0 Å². The minimum absolute atomic E-state index is 0.112. The molecule has 0 bridgehead atoms. The van der Waals surface area contributed by atoms with Crippen LogP contribution in [-0.4, -0.2) is 36.3 Å². The summed E-state index contributed by atoms with van der Waals surface area (Å²) in [6.45, 7) is 0.326. The number of rotatable bonds is 6. The molecule has 0 amide bonds. The Kier molecular flexibility index (Phi) is 5.65. The van der Waals surface area contributed by atoms with Gasteiger partial charge in [0.15, 0.2) is 0 Å². The van der Waals surface area contributed by atoms with Crippen molar-refractivity contribution in [1.29, 1.82) is 0 Å². The summed E-state index contributed by atoms with van der Waals surface area (Å²) in [5.74, 6) is 0.687. The minimum Gasteiger partial charge on any atom is -0.495 e. The van der Waals surface area contributed by atoms with Crippen LogP contribution in [0.15, 0.2) is 65.7 Å². The third kappa shape index (κ3) is 3.99. The Morgan fingerprint density at radius 2 is 1.97 bits per heavy atom. The largest absolute Gasteiger partial charge is 0.495 e. The van der Waals surface area contributed by atoms with Crippen molar-refractivity contribution in [2.24, 2.45) is 0 Å². The Balaban J connectivity index is 1.66. The molecule has 0 unspecified atom stereocenters. The molecule has 0 spiro atoms. The Bertz CT molecular complexity index is 1140. The Labute approximate surface area is 174 Å². The molecule has 1 saturated heterocycles. The zero-order valence-corrected chi connectivity index (χ0v) is 17.1. The molecule has 156 valence electrons. The van der Waals surface area contributed by atoms with E-state index in [-0.39, 0.29) is 10.6 Å². The van der Waals surface area contributed by atoms with Gasteiger partial charge in [0, 0.05) is 12.7 Å². The topological polar surface area (TPSA) is 84.4 Å². The standard InChI is InChI=1S/C21H21FN4O3S/c1-29-18-11-10-15(22)14-19(18)30(27,28)26-13-5-7-17(26)16-6-4-9-21(24-16)25-20-8-2-3-12-23-20/h2-4,6,8-12,14,17H,5,7,13H2,1H3,(H,23,24,25)/t17-/m1/s1. The molecule has 0 aliphatic carbocycles. The molecule has 3 aromatic rings. The van der Waals surface area contributed by atoms with Gasteiger partial charge >= 0.3 is 0 Å². The first kappa shape index (κ1) is 20.2. The molecule has 0 radical (unpaired) electrons. The SMILES string of the molecule is COc1ccc(F)cc1S(=O)(=O)N1CCC[C@@H]1c1cccc(Nc2ccccn2)n1. The minimum atomic E-state index is -3.98. The number of aromatic nitrogens is 2. The van der Waals surface area contributed by atoms with E-state index in [1.807, 2.05) is 24.3 Å². The van der Waals surface area contributed by atoms with Gasteiger partial charge in [0.2, 0.25) is 10.0 Å². The lowest BCUT2D eigenvalue weighted by Gasteiger charge is -2.25. The van der Waals surface area contributed by atoms with Crippen molar-refractivity contribution >= 4 is 21.7 Å². The highest BCUT2D eigenvalue weighted by Gasteiger charge is 2.38. The van der Waals surface area contributed by atoms with Crippen molar-refractivity contribution in [3.8, 4) is 5.75 Å². The molecule has 9 heteroatoms. The van der Waals surface area contributed by atoms with Crippen LogP contribution in [0.2, 0.25) is 0 Å². The summed E-state index contributed by atoms with van der Waals surface area (Å²) in [6, 6.07) is 13.9. The second-order valence-corrected chi connectivity index (χ2v) is 8.72. The number of nitrogens with zero attached hydrogens (tertiary/aromatic N) is 3. The molecule has 4 rings (SSSR count). The number of ether oxygens (including phenoxy) is 1. The smallest absolute Gasteiger partial charge is 0.247 e. The molecule has 1 fully saturated rings. The molecule has 7 nitrogen and oxygen atoms in total. The van der Waals surface area contributed by atoms with Gasteiger partial charge < -0.3 is 10.1 Å². The van der Waals surface area contributed by atoms with E-state index >= 15 is 0 Å². The number of nitrogens with one attached hydrogen (secondary N) is 1. The maximum absolute atomic E-state index is 13.8. The van der Waals surface area contributed by atoms with E-state index in [0.29, 0.717) is 36.7 Å². The number of hydrogen-bond donors (Lipinski definition) is 1. The van der Waals surface area contributed by atoms with Gasteiger partial charge in [-0.3, -0.25) is 0 Å². The van der Waals surface area contributed by atoms with E-state index in [4.69, 9.17) is 4.74 Å². The van der Waals surface area contributed by atoms with Crippen LogP contribution in [0.1, 0.15) is 24.6 Å². The Hall–Kier alpha value is -3.04. The number of halogens is 1. The van der Waals surface area contributed by atoms with Gasteiger partial charge in [-0.05, 0) is 55.3 Å². The first-order valence-electron chi connectivity index (χ1n) is 9.49. The van der Waals surface area contributed by atoms with Crippen molar-refractivity contribution in [3.63, 3.8) is 0 Å². The highest BCUT2D eigenvalue weighted by atomic mass is 32.2. The molecule has 1 aliphatic rings. The zero-order valence-electron chi connectivity index (χ0n) is 16.3. The lowest BCUT2D eigenvalue weighted by atomic mass is 10.1. The van der Waals surface area contributed by atoms with Crippen molar-refractivity contribution < 1.29 is 17.5 Å². The van der Waals surface area contributed by atoms with Gasteiger partial charge in [0.1, 0.15) is 28.1 Å². The highest BCUT2D eigenvalue weighted by Crippen LogP contribution is 2.38. The van der Waals surface area contributed by atoms with Crippen molar-refractivity contribution in [3.05, 3.63) is 72.3 Å². The van der Waals surface area contributed by atoms with E-state index in [1.165, 1.54) is 23.5 Å². The third-order valence-corrected chi connectivity index (χ3v) is 6.88. The normalized spacial score (nSPS) is 17.1. The van der Waals surface area contributed by atoms with Crippen LogP contribution in [0.5, 0.6) is 5.75 Å². The average molecular weight is 428 g/mol. The number of sulfonamides is 1. The van der Waals surface area contributed by atoms with Gasteiger partial charge in [-0.25, -0.2) is 22.8 Å². The van der Waals surface area contributed by atoms with Crippen LogP contribution < -0.4 is 10.1 Å². The number of anilines is 2. The van der Waals surface area contributed by atoms with Crippen molar-refractivity contribution in [1.82, 2.24) is 14.3 Å². The second kappa shape index (κ2) is 8.37. The fraction of sp³-hybridized carbons (Fsp3) is 0.238. The van der Waals surface area contributed by atoms with Gasteiger partial charge in [-0.1, -0.05) is 12.1 Å². The predicted molar refractivity (Wildman–Crippen MR) is 111 cm³/mol. The summed E-state index contributed by atoms with van der Waals surface area (Å²) < 4.78 is 47.1. The molecular weight excluding hydrogens is 407 g/mol. The number of methoxy groups -OCH3 is 1. The van der Waals surface area contributed by atoms with Gasteiger partial charge in [0.05, 0.1) is 18.8 Å². The molecule has 1 atom stereocenters. The van der Waals surface area contributed by atoms with Crippen LogP contribution in [0.3, 0.4) is 0 Å². The summed E-state index contributed by atoms with van der Waals surface area (Å²) in [5, 5.41) is 3.12. The van der Waals surface area contributed by atoms with Gasteiger partial charge in [-0.2, -0.15) is 4.31 Å². The quantitative estimate of drug-likeness (QED) is 0.641. The first-order valence-corrected chi connectivity index (χ1v) is 10.9. The fourth-order valence-electron chi connectivity index (χ4n) is 3.58. The van der Waals surface area contributed by atoms with E-state index in [0.717, 1.165) is 6.07 Å². The third-order valence-electron chi connectivity index (χ3n) is 4.95. The molecular formula is C21H21FN4O3S. The van der Waals surface area contributed by atoms with E-state index < -0.39 is 21.9 Å². The number of benzene rings is 1. The zero-order chi connectivity index (χ0) is 21.1. The fourth-order valence-corrected chi connectivity index (χ4v) is 5.41. The van der Waals surface area contributed by atoms with E-state index in [2.05, 4.69) is 15.3 Å². The molecule has 0 saturated carbocycles. The van der Waals surface area contributed by atoms with Crippen molar-refractivity contribution in [2.45, 2.75) is 23.8 Å². The average Bonchev–Trinajstić information content (AvgIpc) is 3.26. The number of pyridine rings is 2. The van der Waals surface area contributed by atoms with Crippen LogP contribution in [0.25, 0.3) is 0 Å². The summed E-state index contributed by atoms with van der Waals surface area (Å²) in [6.07, 6.45) is 2.97. The Morgan fingerprint density at radius 1 is 1.13 bits per heavy atom. The van der Waals surface area contributed by atoms with E-state index in [9.17, 15) is 12.8 Å². The monoisotopic (exact) mass is 428 g/mol. The molecule has 2 aromatic heterocycles. The van der Waals surface area contributed by atoms with Crippen LogP contribution in [0.4, 0.5) is 16.0 Å². The van der Waals surface area contributed by atoms with Crippen LogP contribution in [0, 0.1) is 5.82 Å². The maximum atomic E-state index is 13.8. The summed E-state index contributed by atoms with van der Waals surface area (Å²) in [7, 11) is -2.61. The maximum Gasteiger partial charge on any atom is 0.247 e. The Morgan fingerprint density at radius 3 is 2.73 bits per heavy atom. The predicted octanol–water partition coefficient (Wildman–Crippen LogP) is 3.89. The molecule has 1 aromatic carbocycles. The first-order chi connectivity index (χ1) is 14.5. The molecule has 3 heterocycles. The lowest BCUT2D eigenvalue weighted by molar-refractivity contribution is 0.376. The summed E-state index contributed by atoms with van der Waals surface area (Å²) in [5.41, 5.74) is 0.618. The van der Waals surface area contributed by atoms with Crippen LogP contribution >= 0.6 is 0 Å². The highest BCUT2D eigenvalue weighted by molar-refractivity contribution is 7.89. The number of hydrogen-bond acceptors (Lipinski definition) is 6. The molecule has 1 aliphatic heterocycles. The summed E-state index contributed by atoms with van der Waals surface area (Å²) >= 11 is 0. The van der Waals surface area contributed by atoms with Crippen LogP contribution in [-0.2, 0) is 10.0 Å². The lowest BCUT2D eigenvalue weighted by Crippen LogP contribution is -2.31. The van der Waals surface area contributed by atoms with Gasteiger partial charge in [-0.15, -0.1) is 0 Å². The summed E-state index contributed by atoms with van der Waals surface area (Å²) in [4.78, 5) is 8.64. The molecule has 30 heavy (non-hydrogen) atoms. The second-order valence-electron chi connectivity index (χ2n) is 6.86.